The van der Waals surface area contributed by atoms with E-state index >= 15 is 0 Å². The lowest BCUT2D eigenvalue weighted by Gasteiger charge is -2.58. The zero-order chi connectivity index (χ0) is 21.8. The van der Waals surface area contributed by atoms with Crippen LogP contribution < -0.4 is 0 Å². The van der Waals surface area contributed by atoms with Crippen LogP contribution in [0.1, 0.15) is 42.4 Å². The van der Waals surface area contributed by atoms with Gasteiger partial charge in [0.2, 0.25) is 11.8 Å². The van der Waals surface area contributed by atoms with Crippen molar-refractivity contribution in [1.82, 2.24) is 14.8 Å². The number of pyridine rings is 1. The summed E-state index contributed by atoms with van der Waals surface area (Å²) < 4.78 is 0. The number of aliphatic hydroxyl groups excluding tert-OH is 1. The maximum Gasteiger partial charge on any atom is 0.242 e. The van der Waals surface area contributed by atoms with Crippen molar-refractivity contribution >= 4 is 11.8 Å². The van der Waals surface area contributed by atoms with Crippen molar-refractivity contribution < 1.29 is 14.7 Å². The van der Waals surface area contributed by atoms with E-state index in [9.17, 15) is 14.7 Å². The fourth-order valence-electron chi connectivity index (χ4n) is 4.56. The van der Waals surface area contributed by atoms with Crippen LogP contribution >= 0.6 is 0 Å². The van der Waals surface area contributed by atoms with Crippen molar-refractivity contribution in [2.24, 2.45) is 0 Å². The fourth-order valence-corrected chi connectivity index (χ4v) is 4.56. The highest BCUT2D eigenvalue weighted by atomic mass is 16.3. The Morgan fingerprint density at radius 1 is 1.26 bits per heavy atom. The summed E-state index contributed by atoms with van der Waals surface area (Å²) in [6.45, 7) is 2.55. The molecule has 2 saturated heterocycles. The summed E-state index contributed by atoms with van der Waals surface area (Å²) >= 11 is 0. The SMILES string of the molecule is CCCC#Cc1ccc([C@@H]2[C@H]3CN(C(=O)Cc4cccnc4)CC(=O)N3[C@H]2CO)cc1. The molecule has 2 aliphatic heterocycles. The molecule has 0 aliphatic carbocycles. The highest BCUT2D eigenvalue weighted by molar-refractivity contribution is 5.88. The van der Waals surface area contributed by atoms with Crippen molar-refractivity contribution in [3.63, 3.8) is 0 Å². The summed E-state index contributed by atoms with van der Waals surface area (Å²) in [6.07, 6.45) is 5.48. The molecule has 2 aliphatic rings. The summed E-state index contributed by atoms with van der Waals surface area (Å²) in [5, 5.41) is 9.94. The van der Waals surface area contributed by atoms with Crippen molar-refractivity contribution in [2.75, 3.05) is 19.7 Å². The molecule has 0 unspecified atom stereocenters. The van der Waals surface area contributed by atoms with E-state index in [4.69, 9.17) is 0 Å². The van der Waals surface area contributed by atoms with Gasteiger partial charge >= 0.3 is 0 Å². The Kier molecular flexibility index (Phi) is 6.34. The Balaban J connectivity index is 1.49. The van der Waals surface area contributed by atoms with Crippen LogP contribution in [0.4, 0.5) is 0 Å². The van der Waals surface area contributed by atoms with Gasteiger partial charge in [-0.05, 0) is 35.7 Å². The summed E-state index contributed by atoms with van der Waals surface area (Å²) in [6, 6.07) is 11.3. The van der Waals surface area contributed by atoms with Crippen LogP contribution in [0, 0.1) is 11.8 Å². The summed E-state index contributed by atoms with van der Waals surface area (Å²) in [5.74, 6) is 6.13. The second kappa shape index (κ2) is 9.32. The van der Waals surface area contributed by atoms with Crippen molar-refractivity contribution in [3.8, 4) is 11.8 Å². The minimum atomic E-state index is -0.245. The molecule has 1 aromatic carbocycles. The Hall–Kier alpha value is -3.17. The quantitative estimate of drug-likeness (QED) is 0.755. The number of unbranched alkanes of at least 4 members (excludes halogenated alkanes) is 1. The smallest absolute Gasteiger partial charge is 0.242 e. The molecular weight excluding hydrogens is 390 g/mol. The molecule has 0 radical (unpaired) electrons. The van der Waals surface area contributed by atoms with Gasteiger partial charge in [0.1, 0.15) is 0 Å². The molecule has 3 heterocycles. The van der Waals surface area contributed by atoms with E-state index < -0.39 is 0 Å². The molecular formula is C25H27N3O3. The molecule has 1 N–H and O–H groups in total. The molecule has 2 fully saturated rings. The molecule has 160 valence electrons. The van der Waals surface area contributed by atoms with Crippen molar-refractivity contribution in [1.29, 1.82) is 0 Å². The molecule has 6 nitrogen and oxygen atoms in total. The van der Waals surface area contributed by atoms with E-state index in [0.717, 1.165) is 29.5 Å². The lowest BCUT2D eigenvalue weighted by molar-refractivity contribution is -0.166. The first kappa shape index (κ1) is 21.1. The van der Waals surface area contributed by atoms with Crippen LogP contribution in [0.25, 0.3) is 0 Å². The Morgan fingerprint density at radius 3 is 2.74 bits per heavy atom. The zero-order valence-corrected chi connectivity index (χ0v) is 17.7. The molecule has 0 spiro atoms. The Morgan fingerprint density at radius 2 is 2.06 bits per heavy atom. The van der Waals surface area contributed by atoms with E-state index in [0.29, 0.717) is 6.54 Å². The first-order chi connectivity index (χ1) is 15.1. The van der Waals surface area contributed by atoms with E-state index in [1.165, 1.54) is 0 Å². The largest absolute Gasteiger partial charge is 0.394 e. The van der Waals surface area contributed by atoms with E-state index in [1.54, 1.807) is 28.3 Å². The summed E-state index contributed by atoms with van der Waals surface area (Å²) in [5.41, 5.74) is 2.86. The van der Waals surface area contributed by atoms with E-state index in [2.05, 4.69) is 23.7 Å². The molecule has 3 atom stereocenters. The van der Waals surface area contributed by atoms with Gasteiger partial charge in [0, 0.05) is 36.8 Å². The number of carbonyl (C=O) groups is 2. The lowest BCUT2D eigenvalue weighted by atomic mass is 9.73. The van der Waals surface area contributed by atoms with Crippen molar-refractivity contribution in [3.05, 3.63) is 65.5 Å². The van der Waals surface area contributed by atoms with Gasteiger partial charge in [-0.1, -0.05) is 37.0 Å². The van der Waals surface area contributed by atoms with Crippen LogP contribution in [0.5, 0.6) is 0 Å². The maximum atomic E-state index is 12.8. The van der Waals surface area contributed by atoms with Gasteiger partial charge in [-0.15, -0.1) is 0 Å². The first-order valence-electron chi connectivity index (χ1n) is 10.8. The number of aromatic nitrogens is 1. The molecule has 2 amide bonds. The second-order valence-electron chi connectivity index (χ2n) is 8.13. The highest BCUT2D eigenvalue weighted by Gasteiger charge is 2.54. The number of amides is 2. The van der Waals surface area contributed by atoms with Crippen LogP contribution in [-0.2, 0) is 16.0 Å². The highest BCUT2D eigenvalue weighted by Crippen LogP contribution is 2.42. The topological polar surface area (TPSA) is 73.7 Å². The number of hydrogen-bond donors (Lipinski definition) is 1. The molecule has 0 bridgehead atoms. The fraction of sp³-hybridized carbons (Fsp3) is 0.400. The number of carbonyl (C=O) groups excluding carboxylic acids is 2. The van der Waals surface area contributed by atoms with Gasteiger partial charge in [0.15, 0.2) is 0 Å². The zero-order valence-electron chi connectivity index (χ0n) is 17.7. The molecule has 31 heavy (non-hydrogen) atoms. The number of piperazine rings is 1. The molecule has 6 heteroatoms. The number of nitrogens with zero attached hydrogens (tertiary/aromatic N) is 3. The first-order valence-corrected chi connectivity index (χ1v) is 10.8. The molecule has 1 aromatic heterocycles. The standard InChI is InChI=1S/C25H27N3O3/c1-2-3-4-6-18-8-10-20(11-9-18)25-21-15-27(16-24(31)28(21)22(25)17-29)23(30)13-19-7-5-12-26-14-19/h5,7-12,14,21-22,25,29H,2-3,13,15-17H2,1H3/t21-,22+,25-/m1/s1. The predicted octanol–water partition coefficient (Wildman–Crippen LogP) is 1.97. The van der Waals surface area contributed by atoms with E-state index in [-0.39, 0.29) is 49.4 Å². The molecule has 4 rings (SSSR count). The Bertz CT molecular complexity index is 994. The number of fused-ring (bicyclic) bond motifs is 1. The van der Waals surface area contributed by atoms with Crippen LogP contribution in [0.2, 0.25) is 0 Å². The average Bonchev–Trinajstić information content (AvgIpc) is 2.77. The number of rotatable bonds is 5. The number of benzene rings is 1. The minimum absolute atomic E-state index is 0.000549. The number of hydrogen-bond acceptors (Lipinski definition) is 4. The molecule has 2 aromatic rings. The van der Waals surface area contributed by atoms with Crippen molar-refractivity contribution in [2.45, 2.75) is 44.2 Å². The van der Waals surface area contributed by atoms with Gasteiger partial charge in [0.25, 0.3) is 0 Å². The van der Waals surface area contributed by atoms with Gasteiger partial charge in [-0.2, -0.15) is 0 Å². The minimum Gasteiger partial charge on any atom is -0.394 e. The van der Waals surface area contributed by atoms with E-state index in [1.807, 2.05) is 30.3 Å². The average molecular weight is 418 g/mol. The second-order valence-corrected chi connectivity index (χ2v) is 8.13. The maximum absolute atomic E-state index is 12.8. The van der Waals surface area contributed by atoms with Crippen LogP contribution in [0.3, 0.4) is 0 Å². The Labute approximate surface area is 182 Å². The monoisotopic (exact) mass is 417 g/mol. The molecule has 0 saturated carbocycles. The normalized spacial score (nSPS) is 22.3. The van der Waals surface area contributed by atoms with Gasteiger partial charge in [-0.25, -0.2) is 0 Å². The van der Waals surface area contributed by atoms with Crippen LogP contribution in [0.15, 0.2) is 48.8 Å². The third-order valence-corrected chi connectivity index (χ3v) is 6.09. The lowest BCUT2D eigenvalue weighted by Crippen LogP contribution is -2.73. The van der Waals surface area contributed by atoms with Crippen LogP contribution in [-0.4, -0.2) is 63.5 Å². The van der Waals surface area contributed by atoms with Gasteiger partial charge in [-0.3, -0.25) is 14.6 Å². The van der Waals surface area contributed by atoms with Gasteiger partial charge in [0.05, 0.1) is 31.7 Å². The summed E-state index contributed by atoms with van der Waals surface area (Å²) in [4.78, 5) is 33.0. The third-order valence-electron chi connectivity index (χ3n) is 6.09. The summed E-state index contributed by atoms with van der Waals surface area (Å²) in [7, 11) is 0. The third kappa shape index (κ3) is 4.33. The number of aliphatic hydroxyl groups is 1. The van der Waals surface area contributed by atoms with Gasteiger partial charge < -0.3 is 14.9 Å². The predicted molar refractivity (Wildman–Crippen MR) is 117 cm³/mol.